The standard InChI is InChI=1S/C23H23ClN4O3S/c1-31-19-8-5-15(10-17(19)24)21(29)26-12-13-3-2-4-14(9-13)22(30)28-23-27-18-7-6-16(25)11-20(18)32-23/h2-5,8-10,16H,6-7,11-12,25H2,1H3,(H,26,29)(H,27,28,30). The van der Waals surface area contributed by atoms with Gasteiger partial charge in [-0.1, -0.05) is 23.7 Å². The molecule has 2 aromatic carbocycles. The van der Waals surface area contributed by atoms with Crippen molar-refractivity contribution in [1.29, 1.82) is 0 Å². The summed E-state index contributed by atoms with van der Waals surface area (Å²) in [4.78, 5) is 30.8. The van der Waals surface area contributed by atoms with Gasteiger partial charge in [-0.05, 0) is 55.2 Å². The summed E-state index contributed by atoms with van der Waals surface area (Å²) in [6, 6.07) is 12.1. The average molecular weight is 471 g/mol. The number of benzene rings is 2. The predicted octanol–water partition coefficient (Wildman–Crippen LogP) is 3.80. The molecule has 7 nitrogen and oxygen atoms in total. The first kappa shape index (κ1) is 22.3. The summed E-state index contributed by atoms with van der Waals surface area (Å²) in [5.41, 5.74) is 8.78. The van der Waals surface area contributed by atoms with Crippen molar-refractivity contribution in [3.63, 3.8) is 0 Å². The Kier molecular flexibility index (Phi) is 6.74. The fourth-order valence-electron chi connectivity index (χ4n) is 3.54. The molecule has 0 saturated carbocycles. The summed E-state index contributed by atoms with van der Waals surface area (Å²) >= 11 is 7.58. The molecular formula is C23H23ClN4O3S. The molecule has 1 aromatic heterocycles. The number of aromatic nitrogens is 1. The number of anilines is 1. The second-order valence-corrected chi connectivity index (χ2v) is 9.07. The Morgan fingerprint density at radius 2 is 2.03 bits per heavy atom. The molecule has 4 rings (SSSR count). The Hall–Kier alpha value is -2.94. The number of nitrogens with one attached hydrogen (secondary N) is 2. The fraction of sp³-hybridized carbons (Fsp3) is 0.261. The molecule has 1 aliphatic carbocycles. The minimum Gasteiger partial charge on any atom is -0.495 e. The number of nitrogens with two attached hydrogens (primary N) is 1. The number of ether oxygens (including phenoxy) is 1. The number of carbonyl (C=O) groups is 2. The molecule has 0 bridgehead atoms. The van der Waals surface area contributed by atoms with E-state index < -0.39 is 0 Å². The van der Waals surface area contributed by atoms with E-state index >= 15 is 0 Å². The maximum Gasteiger partial charge on any atom is 0.257 e. The maximum absolute atomic E-state index is 12.7. The molecule has 0 spiro atoms. The third-order valence-electron chi connectivity index (χ3n) is 5.25. The lowest BCUT2D eigenvalue weighted by atomic mass is 9.99. The number of hydrogen-bond donors (Lipinski definition) is 3. The van der Waals surface area contributed by atoms with Crippen molar-refractivity contribution >= 4 is 39.9 Å². The number of thiazole rings is 1. The van der Waals surface area contributed by atoms with Crippen LogP contribution in [-0.4, -0.2) is 29.9 Å². The Morgan fingerprint density at radius 1 is 1.22 bits per heavy atom. The van der Waals surface area contributed by atoms with E-state index in [1.54, 1.807) is 36.4 Å². The van der Waals surface area contributed by atoms with Gasteiger partial charge >= 0.3 is 0 Å². The molecule has 9 heteroatoms. The largest absolute Gasteiger partial charge is 0.495 e. The van der Waals surface area contributed by atoms with Gasteiger partial charge in [0.05, 0.1) is 17.8 Å². The van der Waals surface area contributed by atoms with Crippen LogP contribution in [0, 0.1) is 0 Å². The van der Waals surface area contributed by atoms with Crippen molar-refractivity contribution < 1.29 is 14.3 Å². The molecule has 3 aromatic rings. The van der Waals surface area contributed by atoms with Crippen molar-refractivity contribution in [2.75, 3.05) is 12.4 Å². The quantitative estimate of drug-likeness (QED) is 0.508. The van der Waals surface area contributed by atoms with E-state index in [4.69, 9.17) is 22.1 Å². The summed E-state index contributed by atoms with van der Waals surface area (Å²) in [6.45, 7) is 0.271. The summed E-state index contributed by atoms with van der Waals surface area (Å²) in [6.07, 6.45) is 2.57. The first-order valence-corrected chi connectivity index (χ1v) is 11.4. The average Bonchev–Trinajstić information content (AvgIpc) is 3.18. The lowest BCUT2D eigenvalue weighted by molar-refractivity contribution is 0.0950. The van der Waals surface area contributed by atoms with Gasteiger partial charge in [-0.2, -0.15) is 0 Å². The summed E-state index contributed by atoms with van der Waals surface area (Å²) in [5, 5.41) is 6.67. The molecule has 166 valence electrons. The summed E-state index contributed by atoms with van der Waals surface area (Å²) < 4.78 is 5.10. The number of amides is 2. The lowest BCUT2D eigenvalue weighted by Crippen LogP contribution is -2.27. The highest BCUT2D eigenvalue weighted by atomic mass is 35.5. The van der Waals surface area contributed by atoms with E-state index in [0.29, 0.717) is 27.0 Å². The SMILES string of the molecule is COc1ccc(C(=O)NCc2cccc(C(=O)Nc3nc4c(s3)CC(N)CC4)c2)cc1Cl. The fourth-order valence-corrected chi connectivity index (χ4v) is 4.89. The third kappa shape index (κ3) is 5.09. The highest BCUT2D eigenvalue weighted by Crippen LogP contribution is 2.29. The monoisotopic (exact) mass is 470 g/mol. The molecule has 0 saturated heterocycles. The van der Waals surface area contributed by atoms with E-state index in [1.165, 1.54) is 18.4 Å². The second-order valence-electron chi connectivity index (χ2n) is 7.58. The smallest absolute Gasteiger partial charge is 0.257 e. The number of halogens is 1. The van der Waals surface area contributed by atoms with Gasteiger partial charge in [0.25, 0.3) is 11.8 Å². The van der Waals surface area contributed by atoms with Crippen LogP contribution < -0.4 is 21.1 Å². The van der Waals surface area contributed by atoms with E-state index in [-0.39, 0.29) is 24.4 Å². The van der Waals surface area contributed by atoms with Crippen molar-refractivity contribution in [2.24, 2.45) is 5.73 Å². The van der Waals surface area contributed by atoms with Gasteiger partial charge in [-0.25, -0.2) is 4.98 Å². The van der Waals surface area contributed by atoms with Gasteiger partial charge in [0.2, 0.25) is 0 Å². The molecule has 0 fully saturated rings. The van der Waals surface area contributed by atoms with E-state index in [1.807, 2.05) is 6.07 Å². The topological polar surface area (TPSA) is 106 Å². The highest BCUT2D eigenvalue weighted by Gasteiger charge is 2.21. The normalized spacial score (nSPS) is 15.0. The van der Waals surface area contributed by atoms with Gasteiger partial charge in [-0.15, -0.1) is 11.3 Å². The number of fused-ring (bicyclic) bond motifs is 1. The lowest BCUT2D eigenvalue weighted by Gasteiger charge is -2.15. The minimum absolute atomic E-state index is 0.160. The summed E-state index contributed by atoms with van der Waals surface area (Å²) in [7, 11) is 1.52. The van der Waals surface area contributed by atoms with Crippen LogP contribution in [0.3, 0.4) is 0 Å². The molecule has 1 unspecified atom stereocenters. The number of hydrogen-bond acceptors (Lipinski definition) is 6. The Balaban J connectivity index is 1.38. The second kappa shape index (κ2) is 9.68. The van der Waals surface area contributed by atoms with Gasteiger partial charge in [0, 0.05) is 28.6 Å². The van der Waals surface area contributed by atoms with E-state index in [9.17, 15) is 9.59 Å². The Labute approximate surface area is 194 Å². The first-order chi connectivity index (χ1) is 15.4. The molecule has 4 N–H and O–H groups in total. The van der Waals surface area contributed by atoms with Crippen molar-refractivity contribution in [3.8, 4) is 5.75 Å². The van der Waals surface area contributed by atoms with E-state index in [0.717, 1.165) is 35.4 Å². The van der Waals surface area contributed by atoms with Crippen molar-refractivity contribution in [3.05, 3.63) is 74.7 Å². The zero-order chi connectivity index (χ0) is 22.7. The molecule has 0 aliphatic heterocycles. The molecule has 32 heavy (non-hydrogen) atoms. The molecule has 0 radical (unpaired) electrons. The Morgan fingerprint density at radius 3 is 2.81 bits per heavy atom. The molecule has 1 aliphatic rings. The summed E-state index contributed by atoms with van der Waals surface area (Å²) in [5.74, 6) is -0.00246. The number of nitrogens with zero attached hydrogens (tertiary/aromatic N) is 1. The van der Waals surface area contributed by atoms with Gasteiger partial charge in [-0.3, -0.25) is 14.9 Å². The van der Waals surface area contributed by atoms with Crippen LogP contribution in [0.15, 0.2) is 42.5 Å². The van der Waals surface area contributed by atoms with Crippen LogP contribution >= 0.6 is 22.9 Å². The van der Waals surface area contributed by atoms with Crippen LogP contribution in [0.4, 0.5) is 5.13 Å². The van der Waals surface area contributed by atoms with Crippen LogP contribution in [0.1, 0.15) is 43.3 Å². The van der Waals surface area contributed by atoms with E-state index in [2.05, 4.69) is 15.6 Å². The van der Waals surface area contributed by atoms with Gasteiger partial charge in [0.15, 0.2) is 5.13 Å². The van der Waals surface area contributed by atoms with Crippen LogP contribution in [-0.2, 0) is 19.4 Å². The predicted molar refractivity (Wildman–Crippen MR) is 126 cm³/mol. The zero-order valence-corrected chi connectivity index (χ0v) is 19.1. The maximum atomic E-state index is 12.7. The number of aryl methyl sites for hydroxylation is 1. The van der Waals surface area contributed by atoms with Gasteiger partial charge in [0.1, 0.15) is 5.75 Å². The zero-order valence-electron chi connectivity index (χ0n) is 17.5. The molecule has 1 heterocycles. The van der Waals surface area contributed by atoms with Gasteiger partial charge < -0.3 is 15.8 Å². The third-order valence-corrected chi connectivity index (χ3v) is 6.59. The number of methoxy groups -OCH3 is 1. The molecule has 1 atom stereocenters. The van der Waals surface area contributed by atoms with Crippen LogP contribution in [0.25, 0.3) is 0 Å². The van der Waals surface area contributed by atoms with Crippen molar-refractivity contribution in [1.82, 2.24) is 10.3 Å². The van der Waals surface area contributed by atoms with Crippen molar-refractivity contribution in [2.45, 2.75) is 31.8 Å². The molecular weight excluding hydrogens is 448 g/mol. The first-order valence-electron chi connectivity index (χ1n) is 10.2. The minimum atomic E-state index is -0.268. The van der Waals surface area contributed by atoms with Crippen LogP contribution in [0.2, 0.25) is 5.02 Å². The van der Waals surface area contributed by atoms with Crippen LogP contribution in [0.5, 0.6) is 5.75 Å². The number of rotatable bonds is 6. The number of carbonyl (C=O) groups excluding carboxylic acids is 2. The highest BCUT2D eigenvalue weighted by molar-refractivity contribution is 7.15. The molecule has 2 amide bonds. The Bertz CT molecular complexity index is 1160.